The Kier molecular flexibility index (Phi) is 3.21. The SMILES string of the molecule is FC(F)(F)c1ccc(Oc2ccc3nonc3c2)c(Cl)c1. The Bertz CT molecular complexity index is 801. The molecule has 0 unspecified atom stereocenters. The van der Waals surface area contributed by atoms with E-state index in [1.54, 1.807) is 18.2 Å². The molecule has 0 aliphatic heterocycles. The van der Waals surface area contributed by atoms with Crippen LogP contribution in [0, 0.1) is 0 Å². The number of hydrogen-bond donors (Lipinski definition) is 0. The molecule has 8 heteroatoms. The number of benzene rings is 2. The van der Waals surface area contributed by atoms with Crippen molar-refractivity contribution in [2.24, 2.45) is 0 Å². The zero-order chi connectivity index (χ0) is 15.0. The van der Waals surface area contributed by atoms with E-state index in [1.165, 1.54) is 0 Å². The second-order valence-electron chi connectivity index (χ2n) is 4.16. The molecule has 0 N–H and O–H groups in total. The summed E-state index contributed by atoms with van der Waals surface area (Å²) in [6.07, 6.45) is -4.45. The van der Waals surface area contributed by atoms with E-state index in [9.17, 15) is 13.2 Å². The van der Waals surface area contributed by atoms with E-state index in [4.69, 9.17) is 16.3 Å². The molecule has 3 rings (SSSR count). The Hall–Kier alpha value is -2.28. The summed E-state index contributed by atoms with van der Waals surface area (Å²) in [7, 11) is 0. The highest BCUT2D eigenvalue weighted by atomic mass is 35.5. The fourth-order valence-electron chi connectivity index (χ4n) is 1.71. The van der Waals surface area contributed by atoms with Crippen LogP contribution in [0.5, 0.6) is 11.5 Å². The third-order valence-corrected chi connectivity index (χ3v) is 3.01. The van der Waals surface area contributed by atoms with Crippen LogP contribution in [-0.2, 0) is 6.18 Å². The van der Waals surface area contributed by atoms with Crippen molar-refractivity contribution in [2.75, 3.05) is 0 Å². The fraction of sp³-hybridized carbons (Fsp3) is 0.0769. The first-order valence-corrected chi connectivity index (χ1v) is 6.08. The number of aromatic nitrogens is 2. The maximum atomic E-state index is 12.5. The van der Waals surface area contributed by atoms with Crippen LogP contribution in [0.3, 0.4) is 0 Å². The smallest absolute Gasteiger partial charge is 0.416 e. The van der Waals surface area contributed by atoms with Crippen LogP contribution in [0.25, 0.3) is 11.0 Å². The zero-order valence-corrected chi connectivity index (χ0v) is 10.9. The molecule has 0 atom stereocenters. The van der Waals surface area contributed by atoms with E-state index in [2.05, 4.69) is 14.9 Å². The van der Waals surface area contributed by atoms with Crippen molar-refractivity contribution in [1.29, 1.82) is 0 Å². The maximum Gasteiger partial charge on any atom is 0.416 e. The Morgan fingerprint density at radius 2 is 1.76 bits per heavy atom. The van der Waals surface area contributed by atoms with Crippen LogP contribution in [0.1, 0.15) is 5.56 Å². The highest BCUT2D eigenvalue weighted by Crippen LogP contribution is 2.36. The molecule has 0 saturated carbocycles. The molecule has 1 heterocycles. The third-order valence-electron chi connectivity index (χ3n) is 2.71. The molecular weight excluding hydrogens is 309 g/mol. The molecule has 21 heavy (non-hydrogen) atoms. The van der Waals surface area contributed by atoms with Crippen LogP contribution in [0.2, 0.25) is 5.02 Å². The summed E-state index contributed by atoms with van der Waals surface area (Å²) in [6, 6.07) is 7.61. The lowest BCUT2D eigenvalue weighted by molar-refractivity contribution is -0.137. The molecule has 108 valence electrons. The largest absolute Gasteiger partial charge is 0.456 e. The molecule has 1 aromatic heterocycles. The topological polar surface area (TPSA) is 48.2 Å². The average molecular weight is 315 g/mol. The normalized spacial score (nSPS) is 11.8. The number of nitrogens with zero attached hydrogens (tertiary/aromatic N) is 2. The number of alkyl halides is 3. The number of rotatable bonds is 2. The standard InChI is InChI=1S/C13H6ClF3N2O2/c14-9-5-7(13(15,16)17)1-4-12(9)20-8-2-3-10-11(6-8)19-21-18-10/h1-6H. The lowest BCUT2D eigenvalue weighted by Gasteiger charge is -2.10. The Balaban J connectivity index is 1.90. The summed E-state index contributed by atoms with van der Waals surface area (Å²) in [6.45, 7) is 0. The van der Waals surface area contributed by atoms with Crippen molar-refractivity contribution in [3.05, 3.63) is 47.0 Å². The number of halogens is 4. The number of ether oxygens (including phenoxy) is 1. The van der Waals surface area contributed by atoms with E-state index >= 15 is 0 Å². The summed E-state index contributed by atoms with van der Waals surface area (Å²) in [5, 5.41) is 7.14. The third kappa shape index (κ3) is 2.78. The highest BCUT2D eigenvalue weighted by Gasteiger charge is 2.31. The summed E-state index contributed by atoms with van der Waals surface area (Å²) < 4.78 is 47.6. The molecule has 0 aliphatic carbocycles. The molecule has 4 nitrogen and oxygen atoms in total. The quantitative estimate of drug-likeness (QED) is 0.688. The zero-order valence-electron chi connectivity index (χ0n) is 10.2. The lowest BCUT2D eigenvalue weighted by Crippen LogP contribution is -2.04. The minimum Gasteiger partial charge on any atom is -0.456 e. The van der Waals surface area contributed by atoms with Crippen molar-refractivity contribution in [1.82, 2.24) is 10.3 Å². The van der Waals surface area contributed by atoms with Crippen LogP contribution in [-0.4, -0.2) is 10.3 Å². The first-order valence-electron chi connectivity index (χ1n) is 5.70. The van der Waals surface area contributed by atoms with Gasteiger partial charge in [-0.1, -0.05) is 11.6 Å². The van der Waals surface area contributed by atoms with Gasteiger partial charge < -0.3 is 4.74 Å². The van der Waals surface area contributed by atoms with E-state index in [0.29, 0.717) is 16.8 Å². The van der Waals surface area contributed by atoms with Gasteiger partial charge in [-0.2, -0.15) is 13.2 Å². The highest BCUT2D eigenvalue weighted by molar-refractivity contribution is 6.32. The maximum absolute atomic E-state index is 12.5. The second-order valence-corrected chi connectivity index (χ2v) is 4.57. The summed E-state index contributed by atoms with van der Waals surface area (Å²) in [5.41, 5.74) is 0.174. The van der Waals surface area contributed by atoms with Crippen molar-refractivity contribution in [3.63, 3.8) is 0 Å². The predicted octanol–water partition coefficient (Wildman–Crippen LogP) is 4.69. The van der Waals surface area contributed by atoms with Gasteiger partial charge in [0.25, 0.3) is 0 Å². The molecule has 0 bridgehead atoms. The Labute approximate surface area is 121 Å². The molecule has 0 spiro atoms. The molecule has 2 aromatic carbocycles. The van der Waals surface area contributed by atoms with Gasteiger partial charge in [0.05, 0.1) is 10.6 Å². The lowest BCUT2D eigenvalue weighted by atomic mass is 10.2. The van der Waals surface area contributed by atoms with Gasteiger partial charge in [-0.25, -0.2) is 4.63 Å². The number of fused-ring (bicyclic) bond motifs is 1. The van der Waals surface area contributed by atoms with Crippen molar-refractivity contribution < 1.29 is 22.5 Å². The van der Waals surface area contributed by atoms with Crippen LogP contribution in [0.15, 0.2) is 41.0 Å². The van der Waals surface area contributed by atoms with Gasteiger partial charge in [-0.3, -0.25) is 0 Å². The minimum absolute atomic E-state index is 0.112. The van der Waals surface area contributed by atoms with Crippen LogP contribution >= 0.6 is 11.6 Å². The van der Waals surface area contributed by atoms with E-state index < -0.39 is 11.7 Å². The molecule has 0 radical (unpaired) electrons. The second kappa shape index (κ2) is 4.92. The molecule has 3 aromatic rings. The van der Waals surface area contributed by atoms with Gasteiger partial charge in [0.1, 0.15) is 22.5 Å². The fourth-order valence-corrected chi connectivity index (χ4v) is 1.93. The average Bonchev–Trinajstić information content (AvgIpc) is 2.87. The van der Waals surface area contributed by atoms with Gasteiger partial charge in [-0.15, -0.1) is 0 Å². The van der Waals surface area contributed by atoms with Crippen LogP contribution in [0.4, 0.5) is 13.2 Å². The minimum atomic E-state index is -4.45. The molecule has 0 aliphatic rings. The predicted molar refractivity (Wildman–Crippen MR) is 68.3 cm³/mol. The van der Waals surface area contributed by atoms with E-state index in [-0.39, 0.29) is 10.8 Å². The van der Waals surface area contributed by atoms with Gasteiger partial charge in [0.2, 0.25) is 0 Å². The van der Waals surface area contributed by atoms with Crippen LogP contribution < -0.4 is 4.74 Å². The van der Waals surface area contributed by atoms with Crippen molar-refractivity contribution in [2.45, 2.75) is 6.18 Å². The molecule has 0 fully saturated rings. The van der Waals surface area contributed by atoms with Gasteiger partial charge in [-0.05, 0) is 40.6 Å². The summed E-state index contributed by atoms with van der Waals surface area (Å²) in [5.74, 6) is 0.473. The van der Waals surface area contributed by atoms with E-state index in [1.807, 2.05) is 0 Å². The van der Waals surface area contributed by atoms with Gasteiger partial charge >= 0.3 is 6.18 Å². The Morgan fingerprint density at radius 1 is 1.00 bits per heavy atom. The first-order chi connectivity index (χ1) is 9.93. The summed E-state index contributed by atoms with van der Waals surface area (Å²) >= 11 is 5.81. The van der Waals surface area contributed by atoms with E-state index in [0.717, 1.165) is 18.2 Å². The summed E-state index contributed by atoms with van der Waals surface area (Å²) in [4.78, 5) is 0. The van der Waals surface area contributed by atoms with Gasteiger partial charge in [0, 0.05) is 6.07 Å². The molecular formula is C13H6ClF3N2O2. The van der Waals surface area contributed by atoms with Crippen molar-refractivity contribution in [3.8, 4) is 11.5 Å². The van der Waals surface area contributed by atoms with Crippen molar-refractivity contribution >= 4 is 22.6 Å². The Morgan fingerprint density at radius 3 is 2.48 bits per heavy atom. The monoisotopic (exact) mass is 314 g/mol. The molecule has 0 amide bonds. The number of hydrogen-bond acceptors (Lipinski definition) is 4. The van der Waals surface area contributed by atoms with Gasteiger partial charge in [0.15, 0.2) is 0 Å². The molecule has 0 saturated heterocycles. The first kappa shape index (κ1) is 13.7.